The van der Waals surface area contributed by atoms with Crippen molar-refractivity contribution in [2.24, 2.45) is 5.92 Å². The number of nitrogens with one attached hydrogen (secondary N) is 1. The van der Waals surface area contributed by atoms with Gasteiger partial charge in [0.2, 0.25) is 11.8 Å². The van der Waals surface area contributed by atoms with Crippen molar-refractivity contribution < 1.29 is 13.9 Å². The van der Waals surface area contributed by atoms with Gasteiger partial charge in [-0.25, -0.2) is 4.98 Å². The summed E-state index contributed by atoms with van der Waals surface area (Å²) in [6.45, 7) is 6.55. The molecule has 1 amide bonds. The highest BCUT2D eigenvalue weighted by molar-refractivity contribution is 5.78. The van der Waals surface area contributed by atoms with Crippen molar-refractivity contribution in [2.75, 3.05) is 13.7 Å². The van der Waals surface area contributed by atoms with E-state index in [2.05, 4.69) is 10.3 Å². The largest absolute Gasteiger partial charge is 0.497 e. The molecule has 5 heteroatoms. The minimum atomic E-state index is 0.0956. The van der Waals surface area contributed by atoms with Crippen molar-refractivity contribution in [1.82, 2.24) is 10.3 Å². The number of oxazole rings is 1. The zero-order valence-corrected chi connectivity index (χ0v) is 14.9. The number of carbonyl (C=O) groups excluding carboxylic acids is 1. The Hall–Kier alpha value is -2.30. The molecule has 0 radical (unpaired) electrons. The lowest BCUT2D eigenvalue weighted by atomic mass is 10.0. The summed E-state index contributed by atoms with van der Waals surface area (Å²) in [7, 11) is 1.64. The fourth-order valence-electron chi connectivity index (χ4n) is 2.62. The van der Waals surface area contributed by atoms with Crippen LogP contribution in [0.3, 0.4) is 0 Å². The first-order valence-corrected chi connectivity index (χ1v) is 8.47. The SMILES string of the molecule is CCC(CC)C(=O)NCCc1nc(-c2ccc(OC)cc2)oc1C. The van der Waals surface area contributed by atoms with Crippen LogP contribution in [0, 0.1) is 12.8 Å². The van der Waals surface area contributed by atoms with Crippen LogP contribution in [0.25, 0.3) is 11.5 Å². The molecule has 1 heterocycles. The molecule has 0 fully saturated rings. The number of benzene rings is 1. The summed E-state index contributed by atoms with van der Waals surface area (Å²) < 4.78 is 10.9. The van der Waals surface area contributed by atoms with Crippen LogP contribution in [0.15, 0.2) is 28.7 Å². The van der Waals surface area contributed by atoms with Gasteiger partial charge in [0.1, 0.15) is 11.5 Å². The first-order chi connectivity index (χ1) is 11.6. The van der Waals surface area contributed by atoms with Gasteiger partial charge in [0.25, 0.3) is 0 Å². The molecular formula is C19H26N2O3. The molecule has 0 aliphatic heterocycles. The summed E-state index contributed by atoms with van der Waals surface area (Å²) >= 11 is 0. The van der Waals surface area contributed by atoms with Crippen LogP contribution in [-0.4, -0.2) is 24.5 Å². The third-order valence-electron chi connectivity index (χ3n) is 4.25. The number of carbonyl (C=O) groups is 1. The van der Waals surface area contributed by atoms with Gasteiger partial charge in [0.15, 0.2) is 0 Å². The molecule has 0 atom stereocenters. The molecule has 0 aliphatic rings. The maximum atomic E-state index is 12.0. The van der Waals surface area contributed by atoms with Crippen molar-refractivity contribution >= 4 is 5.91 Å². The topological polar surface area (TPSA) is 64.4 Å². The van der Waals surface area contributed by atoms with Crippen LogP contribution in [0.5, 0.6) is 5.75 Å². The summed E-state index contributed by atoms with van der Waals surface area (Å²) in [5.74, 6) is 2.40. The summed E-state index contributed by atoms with van der Waals surface area (Å²) in [5.41, 5.74) is 1.79. The van der Waals surface area contributed by atoms with Gasteiger partial charge in [-0.05, 0) is 44.0 Å². The van der Waals surface area contributed by atoms with Crippen molar-refractivity contribution in [2.45, 2.75) is 40.0 Å². The minimum absolute atomic E-state index is 0.0956. The number of aromatic nitrogens is 1. The molecule has 0 aliphatic carbocycles. The Balaban J connectivity index is 1.97. The highest BCUT2D eigenvalue weighted by Gasteiger charge is 2.15. The Labute approximate surface area is 143 Å². The van der Waals surface area contributed by atoms with E-state index in [1.165, 1.54) is 0 Å². The molecule has 0 spiro atoms. The monoisotopic (exact) mass is 330 g/mol. The number of ether oxygens (including phenoxy) is 1. The Morgan fingerprint density at radius 1 is 1.25 bits per heavy atom. The van der Waals surface area contributed by atoms with Gasteiger partial charge in [0, 0.05) is 24.4 Å². The molecule has 2 rings (SSSR count). The molecule has 2 aromatic rings. The normalized spacial score (nSPS) is 10.9. The Morgan fingerprint density at radius 3 is 2.50 bits per heavy atom. The Morgan fingerprint density at radius 2 is 1.92 bits per heavy atom. The standard InChI is InChI=1S/C19H26N2O3/c1-5-14(6-2)18(22)20-12-11-17-13(3)24-19(21-17)15-7-9-16(23-4)10-8-15/h7-10,14H,5-6,11-12H2,1-4H3,(H,20,22). The fourth-order valence-corrected chi connectivity index (χ4v) is 2.62. The third kappa shape index (κ3) is 4.37. The van der Waals surface area contributed by atoms with E-state index in [4.69, 9.17) is 9.15 Å². The van der Waals surface area contributed by atoms with E-state index in [9.17, 15) is 4.79 Å². The molecule has 1 aromatic carbocycles. The molecule has 0 bridgehead atoms. The van der Waals surface area contributed by atoms with Crippen LogP contribution in [0.4, 0.5) is 0 Å². The van der Waals surface area contributed by atoms with E-state index >= 15 is 0 Å². The molecule has 0 unspecified atom stereocenters. The number of aryl methyl sites for hydroxylation is 1. The second-order valence-corrected chi connectivity index (χ2v) is 5.80. The maximum Gasteiger partial charge on any atom is 0.226 e. The number of hydrogen-bond donors (Lipinski definition) is 1. The van der Waals surface area contributed by atoms with Crippen LogP contribution < -0.4 is 10.1 Å². The highest BCUT2D eigenvalue weighted by atomic mass is 16.5. The van der Waals surface area contributed by atoms with Gasteiger partial charge in [-0.2, -0.15) is 0 Å². The lowest BCUT2D eigenvalue weighted by Gasteiger charge is -2.12. The predicted molar refractivity (Wildman–Crippen MR) is 94.0 cm³/mol. The minimum Gasteiger partial charge on any atom is -0.497 e. The lowest BCUT2D eigenvalue weighted by molar-refractivity contribution is -0.125. The van der Waals surface area contributed by atoms with E-state index in [-0.39, 0.29) is 11.8 Å². The second kappa shape index (κ2) is 8.52. The Bertz CT molecular complexity index is 658. The Kier molecular flexibility index (Phi) is 6.41. The van der Waals surface area contributed by atoms with Crippen molar-refractivity contribution in [3.05, 3.63) is 35.7 Å². The average molecular weight is 330 g/mol. The van der Waals surface area contributed by atoms with E-state index in [0.717, 1.165) is 35.6 Å². The maximum absolute atomic E-state index is 12.0. The van der Waals surface area contributed by atoms with E-state index < -0.39 is 0 Å². The van der Waals surface area contributed by atoms with E-state index in [1.54, 1.807) is 7.11 Å². The molecule has 130 valence electrons. The number of rotatable bonds is 8. The average Bonchev–Trinajstić information content (AvgIpc) is 2.97. The predicted octanol–water partition coefficient (Wildman–Crippen LogP) is 3.75. The van der Waals surface area contributed by atoms with Crippen LogP contribution in [-0.2, 0) is 11.2 Å². The quantitative estimate of drug-likeness (QED) is 0.800. The third-order valence-corrected chi connectivity index (χ3v) is 4.25. The number of amides is 1. The summed E-state index contributed by atoms with van der Waals surface area (Å²) in [6.07, 6.45) is 2.40. The molecular weight excluding hydrogens is 304 g/mol. The first kappa shape index (κ1) is 18.0. The van der Waals surface area contributed by atoms with Crippen LogP contribution >= 0.6 is 0 Å². The summed E-state index contributed by atoms with van der Waals surface area (Å²) in [5, 5.41) is 2.99. The van der Waals surface area contributed by atoms with Gasteiger partial charge in [-0.3, -0.25) is 4.79 Å². The van der Waals surface area contributed by atoms with Crippen molar-refractivity contribution in [3.8, 4) is 17.2 Å². The van der Waals surface area contributed by atoms with E-state index in [0.29, 0.717) is 18.9 Å². The number of hydrogen-bond acceptors (Lipinski definition) is 4. The zero-order valence-electron chi connectivity index (χ0n) is 14.9. The van der Waals surface area contributed by atoms with Crippen LogP contribution in [0.2, 0.25) is 0 Å². The van der Waals surface area contributed by atoms with Gasteiger partial charge in [-0.15, -0.1) is 0 Å². The highest BCUT2D eigenvalue weighted by Crippen LogP contribution is 2.24. The fraction of sp³-hybridized carbons (Fsp3) is 0.474. The zero-order chi connectivity index (χ0) is 17.5. The van der Waals surface area contributed by atoms with Crippen LogP contribution in [0.1, 0.15) is 38.1 Å². The number of methoxy groups -OCH3 is 1. The molecule has 1 aromatic heterocycles. The molecule has 24 heavy (non-hydrogen) atoms. The van der Waals surface area contributed by atoms with Gasteiger partial charge in [0.05, 0.1) is 12.8 Å². The molecule has 1 N–H and O–H groups in total. The van der Waals surface area contributed by atoms with Gasteiger partial charge in [-0.1, -0.05) is 13.8 Å². The van der Waals surface area contributed by atoms with Gasteiger partial charge >= 0.3 is 0 Å². The van der Waals surface area contributed by atoms with Crippen molar-refractivity contribution in [3.63, 3.8) is 0 Å². The molecule has 5 nitrogen and oxygen atoms in total. The first-order valence-electron chi connectivity index (χ1n) is 8.47. The second-order valence-electron chi connectivity index (χ2n) is 5.80. The molecule has 0 saturated carbocycles. The summed E-state index contributed by atoms with van der Waals surface area (Å²) in [6, 6.07) is 7.60. The van der Waals surface area contributed by atoms with Gasteiger partial charge < -0.3 is 14.5 Å². The molecule has 0 saturated heterocycles. The summed E-state index contributed by atoms with van der Waals surface area (Å²) in [4.78, 5) is 16.6. The van der Waals surface area contributed by atoms with E-state index in [1.807, 2.05) is 45.0 Å². The smallest absolute Gasteiger partial charge is 0.226 e. The number of nitrogens with zero attached hydrogens (tertiary/aromatic N) is 1. The van der Waals surface area contributed by atoms with Crippen molar-refractivity contribution in [1.29, 1.82) is 0 Å². The lowest BCUT2D eigenvalue weighted by Crippen LogP contribution is -2.31.